The summed E-state index contributed by atoms with van der Waals surface area (Å²) in [5, 5.41) is 17.5. The molecule has 0 saturated heterocycles. The lowest BCUT2D eigenvalue weighted by molar-refractivity contribution is -0.147. The molecule has 0 aliphatic heterocycles. The first-order chi connectivity index (χ1) is 8.70. The Morgan fingerprint density at radius 2 is 1.94 bits per heavy atom. The number of carbonyl (C=O) groups excluding carboxylic acids is 1. The number of unbranched alkanes of at least 4 members (excludes halogenated alkanes) is 4. The third-order valence-corrected chi connectivity index (χ3v) is 2.52. The lowest BCUT2D eigenvalue weighted by atomic mass is 10.1. The molecule has 0 radical (unpaired) electrons. The van der Waals surface area contributed by atoms with Gasteiger partial charge in [0.05, 0.1) is 6.61 Å². The van der Waals surface area contributed by atoms with E-state index >= 15 is 0 Å². The Bertz CT molecular complexity index is 226. The molecule has 0 heterocycles. The van der Waals surface area contributed by atoms with Crippen molar-refractivity contribution >= 4 is 5.97 Å². The first kappa shape index (κ1) is 17.1. The molecule has 4 nitrogen and oxygen atoms in total. The van der Waals surface area contributed by atoms with Crippen LogP contribution >= 0.6 is 0 Å². The van der Waals surface area contributed by atoms with Crippen LogP contribution in [0.25, 0.3) is 0 Å². The predicted octanol–water partition coefficient (Wildman–Crippen LogP) is 2.19. The van der Waals surface area contributed by atoms with Crippen LogP contribution in [0.5, 0.6) is 0 Å². The molecule has 0 spiro atoms. The summed E-state index contributed by atoms with van der Waals surface area (Å²) in [5.74, 6) is -0.302. The molecule has 0 aliphatic carbocycles. The normalized spacial score (nSPS) is 12.8. The highest BCUT2D eigenvalue weighted by Gasteiger charge is 2.06. The number of carbonyl (C=O) groups is 1. The van der Waals surface area contributed by atoms with E-state index in [0.29, 0.717) is 6.42 Å². The average Bonchev–Trinajstić information content (AvgIpc) is 2.39. The zero-order valence-corrected chi connectivity index (χ0v) is 11.3. The van der Waals surface area contributed by atoms with E-state index in [1.165, 1.54) is 6.42 Å². The zero-order valence-electron chi connectivity index (χ0n) is 11.3. The first-order valence-electron chi connectivity index (χ1n) is 6.80. The molecule has 0 aromatic rings. The van der Waals surface area contributed by atoms with Gasteiger partial charge >= 0.3 is 5.97 Å². The maximum atomic E-state index is 11.2. The van der Waals surface area contributed by atoms with Crippen LogP contribution in [0.3, 0.4) is 0 Å². The van der Waals surface area contributed by atoms with Crippen molar-refractivity contribution in [3.63, 3.8) is 0 Å². The largest absolute Gasteiger partial charge is 0.463 e. The Kier molecular flexibility index (Phi) is 12.0. The molecule has 2 N–H and O–H groups in total. The van der Waals surface area contributed by atoms with E-state index in [0.717, 1.165) is 32.1 Å². The molecular weight excluding hydrogens is 232 g/mol. The molecule has 0 unspecified atom stereocenters. The number of aliphatic hydroxyl groups is 2. The van der Waals surface area contributed by atoms with Gasteiger partial charge in [-0.2, -0.15) is 0 Å². The molecular formula is C14H26O4. The van der Waals surface area contributed by atoms with E-state index in [2.05, 4.69) is 19.1 Å². The van der Waals surface area contributed by atoms with Gasteiger partial charge in [0.15, 0.2) is 0 Å². The van der Waals surface area contributed by atoms with Gasteiger partial charge in [0, 0.05) is 6.42 Å². The van der Waals surface area contributed by atoms with Gasteiger partial charge in [-0.1, -0.05) is 31.9 Å². The van der Waals surface area contributed by atoms with E-state index in [1.54, 1.807) is 0 Å². The Morgan fingerprint density at radius 1 is 1.22 bits per heavy atom. The maximum Gasteiger partial charge on any atom is 0.305 e. The molecule has 0 bridgehead atoms. The second-order valence-electron chi connectivity index (χ2n) is 4.38. The van der Waals surface area contributed by atoms with E-state index < -0.39 is 6.10 Å². The number of allylic oxidation sites excluding steroid dienone is 2. The van der Waals surface area contributed by atoms with Gasteiger partial charge in [-0.15, -0.1) is 0 Å². The third kappa shape index (κ3) is 11.6. The van der Waals surface area contributed by atoms with Gasteiger partial charge in [-0.05, 0) is 25.7 Å². The fourth-order valence-electron chi connectivity index (χ4n) is 1.42. The van der Waals surface area contributed by atoms with E-state index in [4.69, 9.17) is 14.9 Å². The highest BCUT2D eigenvalue weighted by Crippen LogP contribution is 2.05. The van der Waals surface area contributed by atoms with Crippen molar-refractivity contribution < 1.29 is 19.7 Å². The van der Waals surface area contributed by atoms with Crippen LogP contribution in [0.2, 0.25) is 0 Å². The molecule has 0 aromatic heterocycles. The number of aliphatic hydroxyl groups excluding tert-OH is 2. The van der Waals surface area contributed by atoms with Crippen molar-refractivity contribution in [3.05, 3.63) is 12.2 Å². The van der Waals surface area contributed by atoms with E-state index in [9.17, 15) is 4.79 Å². The number of esters is 1. The van der Waals surface area contributed by atoms with Crippen molar-refractivity contribution in [1.82, 2.24) is 0 Å². The molecule has 18 heavy (non-hydrogen) atoms. The van der Waals surface area contributed by atoms with Crippen LogP contribution in [0, 0.1) is 0 Å². The fourth-order valence-corrected chi connectivity index (χ4v) is 1.42. The summed E-state index contributed by atoms with van der Waals surface area (Å²) < 4.78 is 4.79. The Labute approximate surface area is 110 Å². The van der Waals surface area contributed by atoms with Gasteiger partial charge < -0.3 is 14.9 Å². The Hall–Kier alpha value is -0.870. The van der Waals surface area contributed by atoms with Crippen LogP contribution < -0.4 is 0 Å². The average molecular weight is 258 g/mol. The van der Waals surface area contributed by atoms with Gasteiger partial charge in [0.25, 0.3) is 0 Å². The third-order valence-electron chi connectivity index (χ3n) is 2.52. The zero-order chi connectivity index (χ0) is 13.6. The van der Waals surface area contributed by atoms with Crippen LogP contribution in [0.15, 0.2) is 12.2 Å². The van der Waals surface area contributed by atoms with Crippen LogP contribution in [0.4, 0.5) is 0 Å². The standard InChI is InChI=1S/C14H26O4/c1-2-3-4-5-6-7-8-9-10-14(17)18-12-13(16)11-15/h4-5,13,15-16H,2-3,6-12H2,1H3/b5-4-/t13-/m0/s1. The SMILES string of the molecule is CCC/C=C\CCCCCC(=O)OC[C@@H](O)CO. The topological polar surface area (TPSA) is 66.8 Å². The highest BCUT2D eigenvalue weighted by atomic mass is 16.5. The highest BCUT2D eigenvalue weighted by molar-refractivity contribution is 5.69. The van der Waals surface area contributed by atoms with Gasteiger partial charge in [-0.3, -0.25) is 4.79 Å². The summed E-state index contributed by atoms with van der Waals surface area (Å²) in [7, 11) is 0. The van der Waals surface area contributed by atoms with Crippen molar-refractivity contribution in [2.45, 2.75) is 58.0 Å². The monoisotopic (exact) mass is 258 g/mol. The Morgan fingerprint density at radius 3 is 2.61 bits per heavy atom. The summed E-state index contributed by atoms with van der Waals surface area (Å²) in [6, 6.07) is 0. The van der Waals surface area contributed by atoms with Crippen molar-refractivity contribution in [2.75, 3.05) is 13.2 Å². The van der Waals surface area contributed by atoms with Crippen LogP contribution in [-0.2, 0) is 9.53 Å². The minimum absolute atomic E-state index is 0.116. The number of hydrogen-bond donors (Lipinski definition) is 2. The quantitative estimate of drug-likeness (QED) is 0.339. The predicted molar refractivity (Wildman–Crippen MR) is 71.2 cm³/mol. The first-order valence-corrected chi connectivity index (χ1v) is 6.80. The molecule has 0 aromatic carbocycles. The van der Waals surface area contributed by atoms with Crippen molar-refractivity contribution in [3.8, 4) is 0 Å². The molecule has 0 aliphatic rings. The number of ether oxygens (including phenoxy) is 1. The lowest BCUT2D eigenvalue weighted by Crippen LogP contribution is -2.21. The number of rotatable bonds is 11. The van der Waals surface area contributed by atoms with Crippen LogP contribution in [-0.4, -0.2) is 35.5 Å². The molecule has 1 atom stereocenters. The summed E-state index contributed by atoms with van der Waals surface area (Å²) in [6.45, 7) is 1.66. The maximum absolute atomic E-state index is 11.2. The summed E-state index contributed by atoms with van der Waals surface area (Å²) in [6.07, 6.45) is 10.1. The lowest BCUT2D eigenvalue weighted by Gasteiger charge is -2.08. The summed E-state index contributed by atoms with van der Waals surface area (Å²) in [4.78, 5) is 11.2. The second kappa shape index (κ2) is 12.6. The van der Waals surface area contributed by atoms with Crippen molar-refractivity contribution in [2.24, 2.45) is 0 Å². The second-order valence-corrected chi connectivity index (χ2v) is 4.38. The number of hydrogen-bond acceptors (Lipinski definition) is 4. The van der Waals surface area contributed by atoms with Gasteiger partial charge in [0.1, 0.15) is 12.7 Å². The molecule has 0 rings (SSSR count). The smallest absolute Gasteiger partial charge is 0.305 e. The van der Waals surface area contributed by atoms with Crippen LogP contribution in [0.1, 0.15) is 51.9 Å². The molecule has 0 amide bonds. The minimum Gasteiger partial charge on any atom is -0.463 e. The Balaban J connectivity index is 3.30. The molecule has 106 valence electrons. The molecule has 0 saturated carbocycles. The summed E-state index contributed by atoms with van der Waals surface area (Å²) in [5.41, 5.74) is 0. The minimum atomic E-state index is -0.961. The molecule has 0 fully saturated rings. The van der Waals surface area contributed by atoms with Gasteiger partial charge in [0.2, 0.25) is 0 Å². The van der Waals surface area contributed by atoms with E-state index in [-0.39, 0.29) is 19.2 Å². The van der Waals surface area contributed by atoms with Crippen molar-refractivity contribution in [1.29, 1.82) is 0 Å². The summed E-state index contributed by atoms with van der Waals surface area (Å²) >= 11 is 0. The van der Waals surface area contributed by atoms with E-state index in [1.807, 2.05) is 0 Å². The molecule has 4 heteroatoms. The fraction of sp³-hybridized carbons (Fsp3) is 0.786. The van der Waals surface area contributed by atoms with Gasteiger partial charge in [-0.25, -0.2) is 0 Å².